The van der Waals surface area contributed by atoms with Gasteiger partial charge >= 0.3 is 0 Å². The van der Waals surface area contributed by atoms with Gasteiger partial charge in [0.1, 0.15) is 0 Å². The number of benzene rings is 1. The Bertz CT molecular complexity index is 479. The molecule has 0 amide bonds. The summed E-state index contributed by atoms with van der Waals surface area (Å²) < 4.78 is 0. The second kappa shape index (κ2) is 6.52. The molecule has 1 nitrogen and oxygen atoms in total. The molecule has 4 unspecified atom stereocenters. The topological polar surface area (TPSA) is 12.0 Å². The molecule has 1 aromatic rings. The molecule has 0 spiro atoms. The lowest BCUT2D eigenvalue weighted by Crippen LogP contribution is -2.40. The average molecular weight is 285 g/mol. The molecular weight excluding hydrogens is 254 g/mol. The Morgan fingerprint density at radius 2 is 2.00 bits per heavy atom. The van der Waals surface area contributed by atoms with E-state index in [9.17, 15) is 0 Å². The van der Waals surface area contributed by atoms with Crippen LogP contribution in [0.1, 0.15) is 55.7 Å². The van der Waals surface area contributed by atoms with Crippen LogP contribution in [0.5, 0.6) is 0 Å². The fourth-order valence-electron chi connectivity index (χ4n) is 4.68. The van der Waals surface area contributed by atoms with Gasteiger partial charge in [-0.05, 0) is 86.9 Å². The van der Waals surface area contributed by atoms with Gasteiger partial charge in [-0.2, -0.15) is 0 Å². The fourth-order valence-corrected chi connectivity index (χ4v) is 4.68. The van der Waals surface area contributed by atoms with Crippen molar-refractivity contribution in [2.45, 2.75) is 65.3 Å². The summed E-state index contributed by atoms with van der Waals surface area (Å²) in [6, 6.07) is 7.74. The van der Waals surface area contributed by atoms with Crippen molar-refractivity contribution in [3.8, 4) is 0 Å². The second-order valence-corrected chi connectivity index (χ2v) is 7.52. The van der Waals surface area contributed by atoms with Crippen LogP contribution in [0, 0.1) is 31.6 Å². The van der Waals surface area contributed by atoms with Gasteiger partial charge < -0.3 is 5.32 Å². The number of hydrogen-bond acceptors (Lipinski definition) is 1. The molecule has 3 rings (SSSR count). The normalized spacial score (nSPS) is 29.0. The highest BCUT2D eigenvalue weighted by molar-refractivity contribution is 5.30. The Morgan fingerprint density at radius 3 is 2.62 bits per heavy atom. The monoisotopic (exact) mass is 285 g/mol. The molecule has 1 heteroatoms. The molecule has 0 aromatic heterocycles. The highest BCUT2D eigenvalue weighted by atomic mass is 14.9. The van der Waals surface area contributed by atoms with E-state index in [2.05, 4.69) is 44.3 Å². The molecular formula is C20H31N. The van der Waals surface area contributed by atoms with Crippen molar-refractivity contribution in [3.63, 3.8) is 0 Å². The van der Waals surface area contributed by atoms with Gasteiger partial charge in [-0.25, -0.2) is 0 Å². The van der Waals surface area contributed by atoms with E-state index in [1.54, 1.807) is 0 Å². The van der Waals surface area contributed by atoms with Crippen molar-refractivity contribution >= 4 is 0 Å². The Hall–Kier alpha value is -0.820. The summed E-state index contributed by atoms with van der Waals surface area (Å²) in [6.45, 7) is 7.90. The lowest BCUT2D eigenvalue weighted by molar-refractivity contribution is 0.247. The molecule has 1 aromatic carbocycles. The van der Waals surface area contributed by atoms with E-state index < -0.39 is 0 Å². The van der Waals surface area contributed by atoms with Crippen molar-refractivity contribution in [1.29, 1.82) is 0 Å². The van der Waals surface area contributed by atoms with Crippen LogP contribution < -0.4 is 5.32 Å². The molecule has 0 radical (unpaired) electrons. The van der Waals surface area contributed by atoms with Gasteiger partial charge in [0.25, 0.3) is 0 Å². The van der Waals surface area contributed by atoms with Gasteiger partial charge in [-0.3, -0.25) is 0 Å². The van der Waals surface area contributed by atoms with Crippen LogP contribution in [0.3, 0.4) is 0 Å². The first-order valence-electron chi connectivity index (χ1n) is 8.97. The van der Waals surface area contributed by atoms with E-state index in [1.165, 1.54) is 61.8 Å². The van der Waals surface area contributed by atoms with Crippen LogP contribution >= 0.6 is 0 Å². The quantitative estimate of drug-likeness (QED) is 0.802. The third-order valence-electron chi connectivity index (χ3n) is 5.99. The lowest BCUT2D eigenvalue weighted by atomic mass is 9.80. The average Bonchev–Trinajstić information content (AvgIpc) is 3.10. The molecule has 2 aliphatic carbocycles. The Labute approximate surface area is 130 Å². The van der Waals surface area contributed by atoms with Gasteiger partial charge in [0.05, 0.1) is 0 Å². The van der Waals surface area contributed by atoms with Crippen molar-refractivity contribution in [2.24, 2.45) is 17.8 Å². The Kier molecular flexibility index (Phi) is 4.69. The number of aryl methyl sites for hydroxylation is 2. The molecule has 4 atom stereocenters. The van der Waals surface area contributed by atoms with Gasteiger partial charge in [0.2, 0.25) is 0 Å². The SMILES string of the molecule is CCCNC(Cc1ccc(C)c(C)c1)C1CC2CCC1C2. The third kappa shape index (κ3) is 3.34. The van der Waals surface area contributed by atoms with E-state index in [4.69, 9.17) is 0 Å². The summed E-state index contributed by atoms with van der Waals surface area (Å²) in [4.78, 5) is 0. The largest absolute Gasteiger partial charge is 0.313 e. The minimum absolute atomic E-state index is 0.697. The van der Waals surface area contributed by atoms with E-state index in [0.717, 1.165) is 17.8 Å². The predicted molar refractivity (Wildman–Crippen MR) is 90.6 cm³/mol. The van der Waals surface area contributed by atoms with Gasteiger partial charge in [0, 0.05) is 6.04 Å². The highest BCUT2D eigenvalue weighted by Gasteiger charge is 2.42. The first kappa shape index (κ1) is 15.1. The van der Waals surface area contributed by atoms with Crippen LogP contribution in [0.2, 0.25) is 0 Å². The summed E-state index contributed by atoms with van der Waals surface area (Å²) in [5.74, 6) is 2.98. The zero-order valence-electron chi connectivity index (χ0n) is 14.0. The lowest BCUT2D eigenvalue weighted by Gasteiger charge is -2.31. The molecule has 1 N–H and O–H groups in total. The van der Waals surface area contributed by atoms with Crippen molar-refractivity contribution in [3.05, 3.63) is 34.9 Å². The van der Waals surface area contributed by atoms with Gasteiger partial charge in [-0.15, -0.1) is 0 Å². The first-order chi connectivity index (χ1) is 10.2. The molecule has 21 heavy (non-hydrogen) atoms. The summed E-state index contributed by atoms with van der Waals surface area (Å²) in [5.41, 5.74) is 4.38. The minimum atomic E-state index is 0.697. The van der Waals surface area contributed by atoms with Crippen LogP contribution in [-0.4, -0.2) is 12.6 Å². The molecule has 2 fully saturated rings. The molecule has 116 valence electrons. The van der Waals surface area contributed by atoms with E-state index >= 15 is 0 Å². The van der Waals surface area contributed by atoms with Crippen molar-refractivity contribution < 1.29 is 0 Å². The maximum atomic E-state index is 3.88. The standard InChI is InChI=1S/C20H31N/c1-4-9-21-20(19-12-17-7-8-18(19)11-17)13-16-6-5-14(2)15(3)10-16/h5-6,10,17-21H,4,7-9,11-13H2,1-3H3. The smallest absolute Gasteiger partial charge is 0.0138 e. The summed E-state index contributed by atoms with van der Waals surface area (Å²) >= 11 is 0. The molecule has 0 aliphatic heterocycles. The van der Waals surface area contributed by atoms with E-state index in [1.807, 2.05) is 0 Å². The van der Waals surface area contributed by atoms with Crippen molar-refractivity contribution in [2.75, 3.05) is 6.54 Å². The molecule has 2 saturated carbocycles. The second-order valence-electron chi connectivity index (χ2n) is 7.52. The maximum absolute atomic E-state index is 3.88. The highest BCUT2D eigenvalue weighted by Crippen LogP contribution is 2.49. The summed E-state index contributed by atoms with van der Waals surface area (Å²) in [6.07, 6.45) is 8.45. The van der Waals surface area contributed by atoms with Crippen LogP contribution in [0.4, 0.5) is 0 Å². The number of nitrogens with one attached hydrogen (secondary N) is 1. The minimum Gasteiger partial charge on any atom is -0.313 e. The third-order valence-corrected chi connectivity index (χ3v) is 5.99. The summed E-state index contributed by atoms with van der Waals surface area (Å²) in [5, 5.41) is 3.88. The van der Waals surface area contributed by atoms with Gasteiger partial charge in [0.15, 0.2) is 0 Å². The van der Waals surface area contributed by atoms with Crippen LogP contribution in [-0.2, 0) is 6.42 Å². The number of fused-ring (bicyclic) bond motifs is 2. The van der Waals surface area contributed by atoms with E-state index in [0.29, 0.717) is 6.04 Å². The zero-order chi connectivity index (χ0) is 14.8. The van der Waals surface area contributed by atoms with E-state index in [-0.39, 0.29) is 0 Å². The Balaban J connectivity index is 1.71. The van der Waals surface area contributed by atoms with Gasteiger partial charge in [-0.1, -0.05) is 31.5 Å². The molecule has 2 bridgehead atoms. The molecule has 2 aliphatic rings. The number of rotatable bonds is 6. The van der Waals surface area contributed by atoms with Crippen LogP contribution in [0.15, 0.2) is 18.2 Å². The summed E-state index contributed by atoms with van der Waals surface area (Å²) in [7, 11) is 0. The van der Waals surface area contributed by atoms with Crippen LogP contribution in [0.25, 0.3) is 0 Å². The predicted octanol–water partition coefficient (Wildman–Crippen LogP) is 4.65. The fraction of sp³-hybridized carbons (Fsp3) is 0.700. The number of hydrogen-bond donors (Lipinski definition) is 1. The Morgan fingerprint density at radius 1 is 1.14 bits per heavy atom. The maximum Gasteiger partial charge on any atom is 0.0138 e. The first-order valence-corrected chi connectivity index (χ1v) is 8.97. The molecule has 0 saturated heterocycles. The van der Waals surface area contributed by atoms with Crippen molar-refractivity contribution in [1.82, 2.24) is 5.32 Å². The molecule has 0 heterocycles. The zero-order valence-corrected chi connectivity index (χ0v) is 14.0.